The monoisotopic (exact) mass is 948 g/mol. The van der Waals surface area contributed by atoms with Crippen LogP contribution in [0.3, 0.4) is 0 Å². The molecule has 6 N–H and O–H groups in total. The van der Waals surface area contributed by atoms with E-state index in [0.717, 1.165) is 0 Å². The molecule has 24 nitrogen and oxygen atoms in total. The van der Waals surface area contributed by atoms with Crippen LogP contribution in [-0.4, -0.2) is 123 Å². The number of nitrogens with two attached hydrogens (primary N) is 2. The molecule has 0 bridgehead atoms. The summed E-state index contributed by atoms with van der Waals surface area (Å²) in [4.78, 5) is 46.6. The van der Waals surface area contributed by atoms with Crippen molar-refractivity contribution in [2.45, 2.75) is 126 Å². The van der Waals surface area contributed by atoms with Crippen LogP contribution in [0.15, 0.2) is 25.3 Å². The standard InChI is InChI=1S/2C17H24ClN6O6P/c2*1-8(2)28-15(25)9(3)23-31(26)27-5-10-12(30-31)17(4,18)16(29-10)24-7-22-11-13(19)20-6-21-14(11)24/h2*6-10,12,16H,5H2,1-4H3,(H,23,26)(H2,19,20,21)/t9-,10-,12-,16-,17-,31+;9-,10-,12-,16-,17-,31-/m11/s1. The second-order valence-electron chi connectivity index (χ2n) is 15.8. The number of esters is 2. The molecule has 8 rings (SSSR count). The summed E-state index contributed by atoms with van der Waals surface area (Å²) in [7, 11) is -7.72. The SMILES string of the molecule is CC(C)OC(=O)[C@@H](C)N[P@@]1(=O)OC[C@H]2O[C@@H](n3cnc4c(N)ncnc43)[C@](C)(Cl)[C@@H]2O1.CC(C)OC(=O)[C@@H](C)N[P@]1(=O)OC[C@H]2O[C@@H](n3cnc4c(N)ncnc43)[C@](C)(Cl)[C@@H]2O1. The molecular formula is C34H48Cl2N12O12P2. The van der Waals surface area contributed by atoms with Crippen molar-refractivity contribution in [3.63, 3.8) is 0 Å². The normalized spacial score (nSPS) is 34.1. The number of hydrogen-bond acceptors (Lipinski definition) is 20. The minimum absolute atomic E-state index is 0.0521. The van der Waals surface area contributed by atoms with Crippen LogP contribution < -0.4 is 21.6 Å². The van der Waals surface area contributed by atoms with Crippen molar-refractivity contribution in [2.24, 2.45) is 0 Å². The minimum atomic E-state index is -3.86. The van der Waals surface area contributed by atoms with Gasteiger partial charge in [-0.1, -0.05) is 0 Å². The van der Waals surface area contributed by atoms with Crippen LogP contribution in [0.5, 0.6) is 0 Å². The van der Waals surface area contributed by atoms with E-state index in [4.69, 9.17) is 71.7 Å². The molecule has 340 valence electrons. The van der Waals surface area contributed by atoms with Gasteiger partial charge >= 0.3 is 27.4 Å². The second kappa shape index (κ2) is 17.4. The fourth-order valence-electron chi connectivity index (χ4n) is 7.19. The molecule has 12 atom stereocenters. The zero-order valence-corrected chi connectivity index (χ0v) is 38.1. The van der Waals surface area contributed by atoms with Crippen molar-refractivity contribution in [1.29, 1.82) is 0 Å². The lowest BCUT2D eigenvalue weighted by Crippen LogP contribution is -2.47. The van der Waals surface area contributed by atoms with E-state index in [2.05, 4.69) is 40.1 Å². The smallest absolute Gasteiger partial charge is 0.406 e. The molecule has 0 radical (unpaired) electrons. The molecule has 4 saturated heterocycles. The molecule has 4 aromatic heterocycles. The van der Waals surface area contributed by atoms with Crippen LogP contribution in [-0.2, 0) is 55.8 Å². The number of nitrogens with one attached hydrogen (secondary N) is 2. The third-order valence-electron chi connectivity index (χ3n) is 10.1. The number of halogens is 2. The van der Waals surface area contributed by atoms with Gasteiger partial charge in [0, 0.05) is 0 Å². The summed E-state index contributed by atoms with van der Waals surface area (Å²) >= 11 is 13.7. The zero-order chi connectivity index (χ0) is 45.1. The molecule has 62 heavy (non-hydrogen) atoms. The number of carbonyl (C=O) groups is 2. The number of hydrogen-bond donors (Lipinski definition) is 4. The summed E-state index contributed by atoms with van der Waals surface area (Å²) in [6.45, 7) is 13.2. The van der Waals surface area contributed by atoms with Gasteiger partial charge in [-0.15, -0.1) is 23.2 Å². The van der Waals surface area contributed by atoms with Gasteiger partial charge in [0.1, 0.15) is 69.9 Å². The lowest BCUT2D eigenvalue weighted by Gasteiger charge is -2.36. The molecule has 0 spiro atoms. The quantitative estimate of drug-likeness (QED) is 0.100. The number of nitrogen functional groups attached to an aromatic ring is 2. The van der Waals surface area contributed by atoms with Gasteiger partial charge in [0.15, 0.2) is 35.4 Å². The highest BCUT2D eigenvalue weighted by Crippen LogP contribution is 2.59. The highest BCUT2D eigenvalue weighted by Gasteiger charge is 2.61. The number of ether oxygens (including phenoxy) is 4. The molecule has 4 fully saturated rings. The summed E-state index contributed by atoms with van der Waals surface area (Å²) in [5, 5.41) is 5.21. The Bertz CT molecular complexity index is 2260. The van der Waals surface area contributed by atoms with Crippen LogP contribution in [0, 0.1) is 0 Å². The van der Waals surface area contributed by atoms with Crippen molar-refractivity contribution < 1.29 is 55.8 Å². The Balaban J connectivity index is 0.000000186. The van der Waals surface area contributed by atoms with Crippen LogP contribution in [0.1, 0.15) is 67.8 Å². The van der Waals surface area contributed by atoms with Crippen molar-refractivity contribution in [2.75, 3.05) is 24.7 Å². The minimum Gasteiger partial charge on any atom is -0.462 e. The van der Waals surface area contributed by atoms with E-state index in [0.29, 0.717) is 22.3 Å². The number of nitrogens with zero attached hydrogens (tertiary/aromatic N) is 8. The number of imidazole rings is 2. The van der Waals surface area contributed by atoms with Crippen LogP contribution in [0.25, 0.3) is 22.3 Å². The molecule has 0 amide bonds. The Morgan fingerprint density at radius 1 is 0.710 bits per heavy atom. The fourth-order valence-corrected chi connectivity index (χ4v) is 11.5. The molecule has 4 aliphatic heterocycles. The van der Waals surface area contributed by atoms with Gasteiger partial charge in [-0.2, -0.15) is 0 Å². The van der Waals surface area contributed by atoms with E-state index in [1.54, 1.807) is 50.7 Å². The van der Waals surface area contributed by atoms with Gasteiger partial charge < -0.3 is 30.4 Å². The second-order valence-corrected chi connectivity index (χ2v) is 20.9. The molecule has 8 heterocycles. The highest BCUT2D eigenvalue weighted by molar-refractivity contribution is 7.52. The Hall–Kier alpha value is -3.64. The fraction of sp³-hybridized carbons (Fsp3) is 0.647. The summed E-state index contributed by atoms with van der Waals surface area (Å²) in [5.41, 5.74) is 13.4. The predicted molar refractivity (Wildman–Crippen MR) is 220 cm³/mol. The average Bonchev–Trinajstić information content (AvgIpc) is 3.93. The third kappa shape index (κ3) is 9.02. The highest BCUT2D eigenvalue weighted by atomic mass is 35.5. The number of carbonyl (C=O) groups excluding carboxylic acids is 2. The van der Waals surface area contributed by atoms with Crippen molar-refractivity contribution in [3.8, 4) is 0 Å². The van der Waals surface area contributed by atoms with Crippen LogP contribution in [0.4, 0.5) is 11.6 Å². The van der Waals surface area contributed by atoms with E-state index >= 15 is 0 Å². The van der Waals surface area contributed by atoms with E-state index < -0.39 is 86.1 Å². The lowest BCUT2D eigenvalue weighted by atomic mass is 10.0. The number of alkyl halides is 2. The third-order valence-corrected chi connectivity index (χ3v) is 14.3. The van der Waals surface area contributed by atoms with Gasteiger partial charge in [0.25, 0.3) is 0 Å². The maximum Gasteiger partial charge on any atom is 0.406 e. The molecular weight excluding hydrogens is 901 g/mol. The molecule has 0 saturated carbocycles. The predicted octanol–water partition coefficient (Wildman–Crippen LogP) is 3.51. The van der Waals surface area contributed by atoms with Gasteiger partial charge in [-0.25, -0.2) is 49.2 Å². The van der Waals surface area contributed by atoms with Crippen molar-refractivity contribution in [3.05, 3.63) is 25.3 Å². The van der Waals surface area contributed by atoms with E-state index in [-0.39, 0.29) is 37.1 Å². The number of aromatic nitrogens is 8. The Morgan fingerprint density at radius 2 is 1.08 bits per heavy atom. The van der Waals surface area contributed by atoms with Crippen molar-refractivity contribution >= 4 is 84.6 Å². The molecule has 0 unspecified atom stereocenters. The summed E-state index contributed by atoms with van der Waals surface area (Å²) in [5.74, 6) is -0.691. The Kier molecular flexibility index (Phi) is 13.0. The summed E-state index contributed by atoms with van der Waals surface area (Å²) in [6, 6.07) is -1.83. The van der Waals surface area contributed by atoms with E-state index in [1.807, 2.05) is 0 Å². The molecule has 28 heteroatoms. The van der Waals surface area contributed by atoms with Crippen molar-refractivity contribution in [1.82, 2.24) is 49.2 Å². The molecule has 0 aromatic carbocycles. The van der Waals surface area contributed by atoms with Crippen LogP contribution >= 0.6 is 38.7 Å². The Labute approximate surface area is 364 Å². The first kappa shape index (κ1) is 46.4. The number of anilines is 2. The summed E-state index contributed by atoms with van der Waals surface area (Å²) < 4.78 is 74.4. The van der Waals surface area contributed by atoms with E-state index in [1.165, 1.54) is 39.2 Å². The topological polar surface area (TPSA) is 305 Å². The number of rotatable bonds is 10. The van der Waals surface area contributed by atoms with Gasteiger partial charge in [0.05, 0.1) is 38.1 Å². The molecule has 0 aliphatic carbocycles. The largest absolute Gasteiger partial charge is 0.462 e. The summed E-state index contributed by atoms with van der Waals surface area (Å²) in [6.07, 6.45) is 0.661. The maximum absolute atomic E-state index is 13.2. The maximum atomic E-state index is 13.2. The van der Waals surface area contributed by atoms with Gasteiger partial charge in [-0.3, -0.25) is 36.8 Å². The van der Waals surface area contributed by atoms with Gasteiger partial charge in [-0.05, 0) is 55.4 Å². The molecule has 4 aliphatic rings. The molecule has 4 aromatic rings. The zero-order valence-electron chi connectivity index (χ0n) is 34.8. The first-order chi connectivity index (χ1) is 29.0. The first-order valence-electron chi connectivity index (χ1n) is 19.4. The lowest BCUT2D eigenvalue weighted by molar-refractivity contribution is -0.150. The van der Waals surface area contributed by atoms with Gasteiger partial charge in [0.2, 0.25) is 0 Å². The Morgan fingerprint density at radius 3 is 1.44 bits per heavy atom. The van der Waals surface area contributed by atoms with Crippen LogP contribution in [0.2, 0.25) is 0 Å². The average molecular weight is 950 g/mol. The first-order valence-corrected chi connectivity index (χ1v) is 23.2. The van der Waals surface area contributed by atoms with E-state index in [9.17, 15) is 18.7 Å². The number of fused-ring (bicyclic) bond motifs is 4.